The van der Waals surface area contributed by atoms with Gasteiger partial charge < -0.3 is 69.5 Å². The van der Waals surface area contributed by atoms with Gasteiger partial charge in [0.1, 0.15) is 51.8 Å². The van der Waals surface area contributed by atoms with Crippen LogP contribution in [-0.4, -0.2) is 214 Å². The van der Waals surface area contributed by atoms with E-state index in [1.807, 2.05) is 79.7 Å². The first-order valence-corrected chi connectivity index (χ1v) is 46.3. The molecule has 3 aliphatic rings. The van der Waals surface area contributed by atoms with Crippen LogP contribution in [-0.2, 0) is 75.5 Å². The summed E-state index contributed by atoms with van der Waals surface area (Å²) < 4.78 is 93.7. The summed E-state index contributed by atoms with van der Waals surface area (Å²) in [4.78, 5) is 109. The molecule has 3 aliphatic heterocycles. The van der Waals surface area contributed by atoms with Crippen LogP contribution in [0.1, 0.15) is 107 Å². The third-order valence-corrected chi connectivity index (χ3v) is 24.0. The molecule has 4 aromatic carbocycles. The van der Waals surface area contributed by atoms with E-state index in [1.165, 1.54) is 32.1 Å². The summed E-state index contributed by atoms with van der Waals surface area (Å²) >= 11 is 0. The summed E-state index contributed by atoms with van der Waals surface area (Å²) in [6, 6.07) is 37.3. The van der Waals surface area contributed by atoms with Gasteiger partial charge in [-0.2, -0.15) is 0 Å². The number of nitrogens with zero attached hydrogens (tertiary/aromatic N) is 8. The Labute approximate surface area is 681 Å². The highest BCUT2D eigenvalue weighted by Crippen LogP contribution is 2.55. The Bertz CT molecular complexity index is 5200. The van der Waals surface area contributed by atoms with Crippen LogP contribution in [0.15, 0.2) is 134 Å². The molecule has 9 N–H and O–H groups in total. The fraction of sp³-hybridized carbons (Fsp3) is 0.410. The smallest absolute Gasteiger partial charge is 0.472 e. The van der Waals surface area contributed by atoms with E-state index in [4.69, 9.17) is 53.4 Å². The third kappa shape index (κ3) is 26.9. The van der Waals surface area contributed by atoms with E-state index in [0.29, 0.717) is 138 Å². The summed E-state index contributed by atoms with van der Waals surface area (Å²) in [5.74, 6) is 19.0. The quantitative estimate of drug-likeness (QED) is 0.00916. The van der Waals surface area contributed by atoms with E-state index >= 15 is 0 Å². The highest BCUT2D eigenvalue weighted by molar-refractivity contribution is 7.65. The highest BCUT2D eigenvalue weighted by Gasteiger charge is 2.53. The molecule has 0 radical (unpaired) electrons. The molecule has 11 rings (SSSR count). The van der Waals surface area contributed by atoms with Gasteiger partial charge in [-0.3, -0.25) is 51.8 Å². The number of carbonyl (C=O) groups excluding carboxylic acids is 3. The van der Waals surface area contributed by atoms with Crippen LogP contribution in [0, 0.1) is 48.4 Å². The van der Waals surface area contributed by atoms with Crippen molar-refractivity contribution >= 4 is 80.7 Å². The maximum atomic E-state index is 13.7. The number of amides is 3. The number of anilines is 1. The number of aromatic nitrogens is 5. The number of ether oxygens (including phenoxy) is 5. The number of nitrogen functional groups attached to an aromatic ring is 1. The summed E-state index contributed by atoms with van der Waals surface area (Å²) in [5, 5.41) is 8.68. The fourth-order valence-corrected chi connectivity index (χ4v) is 16.8. The molecular formula is C83H100N12O18P4. The number of imidazole rings is 1. The van der Waals surface area contributed by atoms with Gasteiger partial charge >= 0.3 is 7.82 Å². The van der Waals surface area contributed by atoms with E-state index in [0.717, 1.165) is 11.1 Å². The first-order valence-electron chi connectivity index (χ1n) is 38.5. The average Bonchev–Trinajstić information content (AvgIpc) is 1.60. The van der Waals surface area contributed by atoms with Crippen LogP contribution in [0.25, 0.3) is 11.0 Å². The number of fused-ring (bicyclic) bond motifs is 2. The maximum Gasteiger partial charge on any atom is 0.472 e. The summed E-state index contributed by atoms with van der Waals surface area (Å²) in [6.07, 6.45) is 1.35. The Balaban J connectivity index is 0.723. The van der Waals surface area contributed by atoms with Gasteiger partial charge in [-0.25, -0.2) is 24.5 Å². The predicted octanol–water partition coefficient (Wildman–Crippen LogP) is 6.94. The molecule has 8 unspecified atom stereocenters. The fourth-order valence-electron chi connectivity index (χ4n) is 13.7. The summed E-state index contributed by atoms with van der Waals surface area (Å²) in [5.41, 5.74) is 14.0. The molecule has 34 heteroatoms. The van der Waals surface area contributed by atoms with E-state index < -0.39 is 54.3 Å². The van der Waals surface area contributed by atoms with Crippen molar-refractivity contribution in [2.45, 2.75) is 96.0 Å². The number of pyridine rings is 3. The summed E-state index contributed by atoms with van der Waals surface area (Å²) in [6.45, 7) is 9.86. The lowest BCUT2D eigenvalue weighted by molar-refractivity contribution is -0.124. The minimum atomic E-state index is -4.37. The van der Waals surface area contributed by atoms with Gasteiger partial charge in [0.25, 0.3) is 0 Å². The Morgan fingerprint density at radius 1 is 0.590 bits per heavy atom. The molecule has 0 saturated carbocycles. The second-order valence-electron chi connectivity index (χ2n) is 29.2. The Morgan fingerprint density at radius 2 is 1.07 bits per heavy atom. The number of phosphoric ester groups is 1. The lowest BCUT2D eigenvalue weighted by Gasteiger charge is -2.35. The van der Waals surface area contributed by atoms with Crippen LogP contribution in [0.2, 0.25) is 0 Å². The molecular weight excluding hydrogens is 1580 g/mol. The number of unbranched alkanes of at least 4 members (excludes halogenated alkanes) is 1. The molecule has 0 spiro atoms. The first-order chi connectivity index (χ1) is 56.0. The third-order valence-electron chi connectivity index (χ3n) is 19.8. The molecule has 620 valence electrons. The van der Waals surface area contributed by atoms with E-state index in [1.54, 1.807) is 67.6 Å². The number of para-hydroxylation sites is 1. The molecule has 3 amide bonds. The Kier molecular flexibility index (Phi) is 31.3. The molecule has 9 atom stereocenters. The predicted molar refractivity (Wildman–Crippen MR) is 444 cm³/mol. The number of hydrogen-bond donors (Lipinski definition) is 8. The Morgan fingerprint density at radius 3 is 1.60 bits per heavy atom. The largest absolute Gasteiger partial charge is 0.497 e. The average molecular weight is 1680 g/mol. The van der Waals surface area contributed by atoms with Crippen LogP contribution in [0.5, 0.6) is 11.5 Å². The van der Waals surface area contributed by atoms with Crippen LogP contribution in [0.4, 0.5) is 5.69 Å². The SMILES string of the molecule is COc1ccc(C#Cc2cc(CN3CCN(Cc4cc(C#Cc5ccc(C)cc5)cc(P(C)(=O)O)n4)C[C@H](CCCCNC(=O)CCCC(=O)NCCOCCOCCNC(=O)CC4C5OP(=O)(O)OCC5OC4n4cnc5c(N)cccc54)N(Cc4cc(C#Cc5ccc(OC)cc5)cc(P(C)(=O)O)n4)CC3)nc(P(C)(=O)O)c2)cc1. The molecule has 0 aliphatic carbocycles. The van der Waals surface area contributed by atoms with Gasteiger partial charge in [0.05, 0.1) is 81.9 Å². The second kappa shape index (κ2) is 41.4. The van der Waals surface area contributed by atoms with Gasteiger partial charge in [-0.15, -0.1) is 0 Å². The van der Waals surface area contributed by atoms with Crippen LogP contribution in [0.3, 0.4) is 0 Å². The zero-order chi connectivity index (χ0) is 83.3. The van der Waals surface area contributed by atoms with Crippen molar-refractivity contribution in [3.8, 4) is 47.0 Å². The number of rotatable bonds is 32. The topological polar surface area (TPSA) is 393 Å². The molecule has 3 fully saturated rings. The summed E-state index contributed by atoms with van der Waals surface area (Å²) in [7, 11) is -13.0. The second-order valence-corrected chi connectivity index (χ2v) is 37.3. The molecule has 8 aromatic rings. The van der Waals surface area contributed by atoms with Gasteiger partial charge in [-0.1, -0.05) is 65.7 Å². The zero-order valence-corrected chi connectivity index (χ0v) is 69.9. The zero-order valence-electron chi connectivity index (χ0n) is 66.3. The van der Waals surface area contributed by atoms with Gasteiger partial charge in [0.15, 0.2) is 0 Å². The molecule has 0 bridgehead atoms. The maximum absolute atomic E-state index is 13.7. The number of nitrogens with one attached hydrogen (secondary N) is 3. The van der Waals surface area contributed by atoms with Gasteiger partial charge in [-0.05, 0) is 135 Å². The van der Waals surface area contributed by atoms with Crippen LogP contribution < -0.4 is 47.5 Å². The number of methoxy groups -OCH3 is 2. The lowest BCUT2D eigenvalue weighted by Crippen LogP contribution is -2.45. The molecule has 117 heavy (non-hydrogen) atoms. The Hall–Kier alpha value is -9.27. The van der Waals surface area contributed by atoms with Crippen LogP contribution >= 0.6 is 29.9 Å². The monoisotopic (exact) mass is 1680 g/mol. The molecule has 3 saturated heterocycles. The normalized spacial score (nSPS) is 20.0. The number of benzene rings is 4. The van der Waals surface area contributed by atoms with Gasteiger partial charge in [0, 0.05) is 157 Å². The van der Waals surface area contributed by atoms with Crippen molar-refractivity contribution < 1.29 is 84.9 Å². The van der Waals surface area contributed by atoms with Crippen molar-refractivity contribution in [1.82, 2.24) is 55.2 Å². The lowest BCUT2D eigenvalue weighted by atomic mass is 9.95. The van der Waals surface area contributed by atoms with Gasteiger partial charge in [0.2, 0.25) is 39.8 Å². The van der Waals surface area contributed by atoms with E-state index in [-0.39, 0.29) is 125 Å². The number of phosphoric acid groups is 1. The van der Waals surface area contributed by atoms with Crippen molar-refractivity contribution in [2.75, 3.05) is 125 Å². The minimum Gasteiger partial charge on any atom is -0.497 e. The van der Waals surface area contributed by atoms with E-state index in [9.17, 15) is 52.2 Å². The van der Waals surface area contributed by atoms with Crippen molar-refractivity contribution in [3.63, 3.8) is 0 Å². The van der Waals surface area contributed by atoms with Crippen molar-refractivity contribution in [2.24, 2.45) is 5.92 Å². The number of carbonyl (C=O) groups is 3. The molecule has 7 heterocycles. The first kappa shape index (κ1) is 88.5. The highest BCUT2D eigenvalue weighted by atomic mass is 31.2. The number of nitrogens with two attached hydrogens (primary N) is 1. The van der Waals surface area contributed by atoms with Crippen molar-refractivity contribution in [1.29, 1.82) is 0 Å². The van der Waals surface area contributed by atoms with Crippen molar-refractivity contribution in [3.05, 3.63) is 190 Å². The number of aryl methyl sites for hydroxylation is 1. The standard InChI is InChI=1S/C83H100N12O18P4/c1-58-16-18-59(19-17-58)20-23-63-46-66(90-79(49-63)115(5,101)102)53-93-38-37-92(52-65-45-62(48-78(89-65)114(4,99)100)24-21-60-26-30-69(107-2)31-27-60)39-40-94(54-67-47-64(50-80(91-67)116(6,103)104)25-22-61-28-32-70(108-3)33-29-61)68(55-93)11-7-8-34-85-75(96)14-10-15-76(97)86-35-41-109-43-44-110-42-36-87-77(98)51-71-82-74(56-111-117(105,106)113-82)112-83(71)95-57-88-81-72(84)12-9-13-73(81)95/h9,12-13,16-19,26-33,45-50,57,68,71,74,82-83H,7-8,10-11,14-15,34-44,51-56,84H2,1-6H3,(H,85,96)(H,86,97)(H,87,98)(H,99,100)(H,101,102)(H,103,104)(H,105,106)/t68-,71?,74?,82?,83?/m0/s1. The minimum absolute atomic E-state index is 0.000857. The van der Waals surface area contributed by atoms with E-state index in [2.05, 4.69) is 71.2 Å². The molecule has 4 aromatic heterocycles. The molecule has 30 nitrogen and oxygen atoms in total. The number of hydrogen-bond acceptors (Lipinski definition) is 22.